The first kappa shape index (κ1) is 11.3. The highest BCUT2D eigenvalue weighted by Crippen LogP contribution is 2.18. The molecule has 3 nitrogen and oxygen atoms in total. The van der Waals surface area contributed by atoms with E-state index >= 15 is 0 Å². The standard InChI is InChI=1S/C13H20N2O/c1-2-7-14-12-3-5-13(6-4-12)15-8-10-16-11-9-15/h3-6,14H,2,7-11H2,1H3. The smallest absolute Gasteiger partial charge is 0.0642 e. The van der Waals surface area contributed by atoms with Crippen LogP contribution in [0, 0.1) is 0 Å². The molecule has 2 rings (SSSR count). The maximum absolute atomic E-state index is 5.34. The molecule has 0 unspecified atom stereocenters. The Balaban J connectivity index is 1.95. The normalized spacial score (nSPS) is 16.2. The summed E-state index contributed by atoms with van der Waals surface area (Å²) in [4.78, 5) is 2.37. The second-order valence-corrected chi connectivity index (χ2v) is 4.07. The third-order valence-electron chi connectivity index (χ3n) is 2.82. The minimum absolute atomic E-state index is 0.843. The van der Waals surface area contributed by atoms with Gasteiger partial charge >= 0.3 is 0 Å². The van der Waals surface area contributed by atoms with E-state index in [4.69, 9.17) is 4.74 Å². The van der Waals surface area contributed by atoms with E-state index in [2.05, 4.69) is 41.4 Å². The number of ether oxygens (including phenoxy) is 1. The van der Waals surface area contributed by atoms with Crippen molar-refractivity contribution < 1.29 is 4.74 Å². The number of nitrogens with one attached hydrogen (secondary N) is 1. The molecule has 1 fully saturated rings. The van der Waals surface area contributed by atoms with E-state index in [1.54, 1.807) is 0 Å². The molecule has 0 aliphatic carbocycles. The summed E-state index contributed by atoms with van der Waals surface area (Å²) < 4.78 is 5.34. The molecule has 0 radical (unpaired) electrons. The largest absolute Gasteiger partial charge is 0.385 e. The van der Waals surface area contributed by atoms with Crippen LogP contribution in [-0.4, -0.2) is 32.8 Å². The van der Waals surface area contributed by atoms with Gasteiger partial charge in [0.05, 0.1) is 13.2 Å². The number of morpholine rings is 1. The van der Waals surface area contributed by atoms with Crippen LogP contribution < -0.4 is 10.2 Å². The zero-order valence-corrected chi connectivity index (χ0v) is 9.91. The first-order valence-electron chi connectivity index (χ1n) is 6.07. The fraction of sp³-hybridized carbons (Fsp3) is 0.538. The Morgan fingerprint density at radius 2 is 1.88 bits per heavy atom. The van der Waals surface area contributed by atoms with Gasteiger partial charge in [-0.1, -0.05) is 6.92 Å². The minimum atomic E-state index is 0.843. The highest BCUT2D eigenvalue weighted by atomic mass is 16.5. The molecule has 0 bridgehead atoms. The van der Waals surface area contributed by atoms with Gasteiger partial charge in [0, 0.05) is 31.0 Å². The summed E-state index contributed by atoms with van der Waals surface area (Å²) in [6.45, 7) is 6.90. The average Bonchev–Trinajstić information content (AvgIpc) is 2.38. The Labute approximate surface area is 97.4 Å². The van der Waals surface area contributed by atoms with Crippen molar-refractivity contribution in [2.24, 2.45) is 0 Å². The van der Waals surface area contributed by atoms with Crippen LogP contribution in [-0.2, 0) is 4.74 Å². The summed E-state index contributed by atoms with van der Waals surface area (Å²) in [6, 6.07) is 8.67. The minimum Gasteiger partial charge on any atom is -0.385 e. The van der Waals surface area contributed by atoms with Crippen molar-refractivity contribution in [1.82, 2.24) is 0 Å². The highest BCUT2D eigenvalue weighted by Gasteiger charge is 2.10. The Morgan fingerprint density at radius 3 is 2.50 bits per heavy atom. The highest BCUT2D eigenvalue weighted by molar-refractivity contribution is 5.55. The summed E-state index contributed by atoms with van der Waals surface area (Å²) in [7, 11) is 0. The summed E-state index contributed by atoms with van der Waals surface area (Å²) in [5, 5.41) is 3.38. The monoisotopic (exact) mass is 220 g/mol. The van der Waals surface area contributed by atoms with E-state index < -0.39 is 0 Å². The van der Waals surface area contributed by atoms with E-state index in [-0.39, 0.29) is 0 Å². The van der Waals surface area contributed by atoms with Crippen LogP contribution in [0.4, 0.5) is 11.4 Å². The fourth-order valence-corrected chi connectivity index (χ4v) is 1.88. The molecule has 1 aliphatic rings. The van der Waals surface area contributed by atoms with Gasteiger partial charge < -0.3 is 15.0 Å². The molecule has 1 N–H and O–H groups in total. The summed E-state index contributed by atoms with van der Waals surface area (Å²) in [5.74, 6) is 0. The van der Waals surface area contributed by atoms with Crippen LogP contribution in [0.25, 0.3) is 0 Å². The molecule has 1 aromatic rings. The molecular formula is C13H20N2O. The third-order valence-corrected chi connectivity index (χ3v) is 2.82. The van der Waals surface area contributed by atoms with E-state index in [1.165, 1.54) is 11.4 Å². The molecule has 0 spiro atoms. The summed E-state index contributed by atoms with van der Waals surface area (Å²) in [5.41, 5.74) is 2.50. The maximum atomic E-state index is 5.34. The number of hydrogen-bond acceptors (Lipinski definition) is 3. The molecule has 0 saturated carbocycles. The van der Waals surface area contributed by atoms with Crippen molar-refractivity contribution in [3.05, 3.63) is 24.3 Å². The Hall–Kier alpha value is -1.22. The van der Waals surface area contributed by atoms with Gasteiger partial charge in [0.2, 0.25) is 0 Å². The molecule has 88 valence electrons. The zero-order valence-electron chi connectivity index (χ0n) is 9.91. The number of benzene rings is 1. The second-order valence-electron chi connectivity index (χ2n) is 4.07. The molecule has 0 aromatic heterocycles. The molecular weight excluding hydrogens is 200 g/mol. The number of rotatable bonds is 4. The van der Waals surface area contributed by atoms with Crippen LogP contribution in [0.5, 0.6) is 0 Å². The predicted molar refractivity (Wildman–Crippen MR) is 68.3 cm³/mol. The van der Waals surface area contributed by atoms with E-state index in [0.717, 1.165) is 39.3 Å². The topological polar surface area (TPSA) is 24.5 Å². The molecule has 16 heavy (non-hydrogen) atoms. The van der Waals surface area contributed by atoms with Crippen molar-refractivity contribution in [3.63, 3.8) is 0 Å². The van der Waals surface area contributed by atoms with Gasteiger partial charge in [0.25, 0.3) is 0 Å². The Kier molecular flexibility index (Phi) is 4.05. The molecule has 1 heterocycles. The molecule has 3 heteroatoms. The second kappa shape index (κ2) is 5.75. The van der Waals surface area contributed by atoms with Crippen molar-refractivity contribution in [3.8, 4) is 0 Å². The van der Waals surface area contributed by atoms with Crippen LogP contribution in [0.1, 0.15) is 13.3 Å². The molecule has 1 aromatic carbocycles. The zero-order chi connectivity index (χ0) is 11.2. The lowest BCUT2D eigenvalue weighted by atomic mass is 10.2. The van der Waals surface area contributed by atoms with Crippen molar-refractivity contribution in [2.45, 2.75) is 13.3 Å². The van der Waals surface area contributed by atoms with Gasteiger partial charge in [-0.3, -0.25) is 0 Å². The fourth-order valence-electron chi connectivity index (χ4n) is 1.88. The summed E-state index contributed by atoms with van der Waals surface area (Å²) >= 11 is 0. The predicted octanol–water partition coefficient (Wildman–Crippen LogP) is 2.35. The lowest BCUT2D eigenvalue weighted by Crippen LogP contribution is -2.36. The van der Waals surface area contributed by atoms with E-state index in [0.29, 0.717) is 0 Å². The lowest BCUT2D eigenvalue weighted by Gasteiger charge is -2.28. The van der Waals surface area contributed by atoms with Crippen LogP contribution in [0.2, 0.25) is 0 Å². The molecule has 0 amide bonds. The van der Waals surface area contributed by atoms with Crippen LogP contribution in [0.15, 0.2) is 24.3 Å². The first-order valence-corrected chi connectivity index (χ1v) is 6.07. The van der Waals surface area contributed by atoms with Gasteiger partial charge in [-0.15, -0.1) is 0 Å². The Bertz CT molecular complexity index is 304. The average molecular weight is 220 g/mol. The van der Waals surface area contributed by atoms with Gasteiger partial charge in [-0.05, 0) is 30.7 Å². The number of anilines is 2. The van der Waals surface area contributed by atoms with E-state index in [9.17, 15) is 0 Å². The van der Waals surface area contributed by atoms with Crippen molar-refractivity contribution in [1.29, 1.82) is 0 Å². The third kappa shape index (κ3) is 2.89. The van der Waals surface area contributed by atoms with Crippen molar-refractivity contribution in [2.75, 3.05) is 43.1 Å². The van der Waals surface area contributed by atoms with Gasteiger partial charge in [0.1, 0.15) is 0 Å². The van der Waals surface area contributed by atoms with Crippen LogP contribution in [0.3, 0.4) is 0 Å². The number of hydrogen-bond donors (Lipinski definition) is 1. The summed E-state index contributed by atoms with van der Waals surface area (Å²) in [6.07, 6.45) is 1.16. The lowest BCUT2D eigenvalue weighted by molar-refractivity contribution is 0.122. The number of nitrogens with zero attached hydrogens (tertiary/aromatic N) is 1. The SMILES string of the molecule is CCCNc1ccc(N2CCOCC2)cc1. The molecule has 0 atom stereocenters. The van der Waals surface area contributed by atoms with Gasteiger partial charge in [0.15, 0.2) is 0 Å². The Morgan fingerprint density at radius 1 is 1.19 bits per heavy atom. The van der Waals surface area contributed by atoms with Crippen LogP contribution >= 0.6 is 0 Å². The van der Waals surface area contributed by atoms with E-state index in [1.807, 2.05) is 0 Å². The molecule has 1 saturated heterocycles. The van der Waals surface area contributed by atoms with Crippen molar-refractivity contribution >= 4 is 11.4 Å². The first-order chi connectivity index (χ1) is 7.90. The quantitative estimate of drug-likeness (QED) is 0.843. The maximum Gasteiger partial charge on any atom is 0.0642 e. The molecule has 1 aliphatic heterocycles. The van der Waals surface area contributed by atoms with Gasteiger partial charge in [-0.2, -0.15) is 0 Å². The van der Waals surface area contributed by atoms with Gasteiger partial charge in [-0.25, -0.2) is 0 Å².